The van der Waals surface area contributed by atoms with Crippen molar-refractivity contribution >= 4 is 11.7 Å². The zero-order chi connectivity index (χ0) is 19.9. The zero-order valence-corrected chi connectivity index (χ0v) is 16.6. The Morgan fingerprint density at radius 3 is 2.86 bits per heavy atom. The number of nitrogens with zero attached hydrogens (tertiary/aromatic N) is 3. The number of carbonyl (C=O) groups excluding carboxylic acids is 1. The van der Waals surface area contributed by atoms with Crippen LogP contribution in [0.15, 0.2) is 34.9 Å². The van der Waals surface area contributed by atoms with Gasteiger partial charge in [-0.2, -0.15) is 4.98 Å². The molecular weight excluding hydrogens is 372 g/mol. The van der Waals surface area contributed by atoms with Crippen molar-refractivity contribution < 1.29 is 18.8 Å². The van der Waals surface area contributed by atoms with Crippen molar-refractivity contribution in [3.8, 4) is 0 Å². The molecule has 1 unspecified atom stereocenters. The number of aromatic nitrogens is 2. The van der Waals surface area contributed by atoms with Crippen LogP contribution in [0.4, 0.5) is 10.5 Å². The van der Waals surface area contributed by atoms with Crippen molar-refractivity contribution in [1.82, 2.24) is 15.0 Å². The number of likely N-dealkylation sites (tertiary alicyclic amines) is 1. The van der Waals surface area contributed by atoms with Gasteiger partial charge in [-0.25, -0.2) is 4.79 Å². The van der Waals surface area contributed by atoms with Crippen LogP contribution in [0.1, 0.15) is 43.4 Å². The van der Waals surface area contributed by atoms with Crippen LogP contribution in [0, 0.1) is 5.92 Å². The van der Waals surface area contributed by atoms with E-state index in [2.05, 4.69) is 15.5 Å². The fourth-order valence-electron chi connectivity index (χ4n) is 3.81. The van der Waals surface area contributed by atoms with Gasteiger partial charge in [0.05, 0.1) is 6.61 Å². The van der Waals surface area contributed by atoms with Crippen LogP contribution in [0.2, 0.25) is 0 Å². The number of hydrogen-bond donors (Lipinski definition) is 1. The van der Waals surface area contributed by atoms with E-state index in [0.29, 0.717) is 37.2 Å². The van der Waals surface area contributed by atoms with Crippen LogP contribution in [-0.4, -0.2) is 54.0 Å². The zero-order valence-electron chi connectivity index (χ0n) is 16.6. The SMILES string of the molecule is O=C(Nc1ccccc1)N1CCCC1c1nc(CCOCC2CCOCC2)no1. The molecule has 0 aliphatic carbocycles. The molecule has 0 bridgehead atoms. The minimum Gasteiger partial charge on any atom is -0.381 e. The Labute approximate surface area is 170 Å². The van der Waals surface area contributed by atoms with Crippen LogP contribution in [-0.2, 0) is 15.9 Å². The number of rotatable bonds is 7. The van der Waals surface area contributed by atoms with E-state index in [1.54, 1.807) is 4.90 Å². The van der Waals surface area contributed by atoms with Crippen molar-refractivity contribution in [1.29, 1.82) is 0 Å². The standard InChI is InChI=1S/C21H28N4O4/c26-21(22-17-5-2-1-3-6-17)25-11-4-7-18(25)20-23-19(24-29-20)10-14-28-15-16-8-12-27-13-9-16/h1-3,5-6,16,18H,4,7-15H2,(H,22,26). The molecule has 0 radical (unpaired) electrons. The van der Waals surface area contributed by atoms with E-state index in [0.717, 1.165) is 51.2 Å². The van der Waals surface area contributed by atoms with Gasteiger partial charge in [0.2, 0.25) is 5.89 Å². The summed E-state index contributed by atoms with van der Waals surface area (Å²) in [6, 6.07) is 9.13. The lowest BCUT2D eigenvalue weighted by molar-refractivity contribution is 0.0211. The van der Waals surface area contributed by atoms with Gasteiger partial charge >= 0.3 is 6.03 Å². The summed E-state index contributed by atoms with van der Waals surface area (Å²) >= 11 is 0. The average Bonchev–Trinajstić information content (AvgIpc) is 3.42. The Kier molecular flexibility index (Phi) is 6.74. The highest BCUT2D eigenvalue weighted by Gasteiger charge is 2.34. The highest BCUT2D eigenvalue weighted by atomic mass is 16.5. The summed E-state index contributed by atoms with van der Waals surface area (Å²) in [5.74, 6) is 1.71. The molecule has 2 aromatic rings. The van der Waals surface area contributed by atoms with Gasteiger partial charge in [-0.15, -0.1) is 0 Å². The highest BCUT2D eigenvalue weighted by Crippen LogP contribution is 2.31. The maximum absolute atomic E-state index is 12.7. The number of hydrogen-bond acceptors (Lipinski definition) is 6. The molecule has 2 fully saturated rings. The van der Waals surface area contributed by atoms with Crippen molar-refractivity contribution in [2.45, 2.75) is 38.1 Å². The van der Waals surface area contributed by atoms with Gasteiger partial charge in [0.25, 0.3) is 0 Å². The number of amides is 2. The Hall–Kier alpha value is -2.45. The fourth-order valence-corrected chi connectivity index (χ4v) is 3.81. The van der Waals surface area contributed by atoms with Crippen molar-refractivity contribution in [3.63, 3.8) is 0 Å². The molecule has 2 aliphatic heterocycles. The van der Waals surface area contributed by atoms with E-state index in [1.165, 1.54) is 0 Å². The molecule has 2 aliphatic rings. The maximum atomic E-state index is 12.7. The third-order valence-corrected chi connectivity index (χ3v) is 5.47. The van der Waals surface area contributed by atoms with Gasteiger partial charge in [0, 0.05) is 38.5 Å². The van der Waals surface area contributed by atoms with E-state index < -0.39 is 0 Å². The van der Waals surface area contributed by atoms with Crippen LogP contribution < -0.4 is 5.32 Å². The third-order valence-electron chi connectivity index (χ3n) is 5.47. The predicted molar refractivity (Wildman–Crippen MR) is 107 cm³/mol. The van der Waals surface area contributed by atoms with E-state index in [1.807, 2.05) is 30.3 Å². The number of nitrogens with one attached hydrogen (secondary N) is 1. The van der Waals surface area contributed by atoms with Gasteiger partial charge < -0.3 is 24.2 Å². The predicted octanol–water partition coefficient (Wildman–Crippen LogP) is 3.42. The lowest BCUT2D eigenvalue weighted by Gasteiger charge is -2.22. The molecule has 1 aromatic heterocycles. The summed E-state index contributed by atoms with van der Waals surface area (Å²) in [4.78, 5) is 18.9. The maximum Gasteiger partial charge on any atom is 0.322 e. The first-order valence-electron chi connectivity index (χ1n) is 10.4. The number of benzene rings is 1. The first kappa shape index (κ1) is 19.8. The second-order valence-corrected chi connectivity index (χ2v) is 7.58. The minimum atomic E-state index is -0.178. The second-order valence-electron chi connectivity index (χ2n) is 7.58. The van der Waals surface area contributed by atoms with E-state index >= 15 is 0 Å². The molecule has 0 spiro atoms. The highest BCUT2D eigenvalue weighted by molar-refractivity contribution is 5.89. The first-order chi connectivity index (χ1) is 14.3. The molecule has 4 rings (SSSR count). The molecule has 1 atom stereocenters. The largest absolute Gasteiger partial charge is 0.381 e. The van der Waals surface area contributed by atoms with E-state index in [-0.39, 0.29) is 12.1 Å². The van der Waals surface area contributed by atoms with E-state index in [4.69, 9.17) is 14.0 Å². The smallest absolute Gasteiger partial charge is 0.322 e. The number of anilines is 1. The van der Waals surface area contributed by atoms with E-state index in [9.17, 15) is 4.79 Å². The summed E-state index contributed by atoms with van der Waals surface area (Å²) in [6.45, 7) is 3.66. The number of urea groups is 1. The van der Waals surface area contributed by atoms with Crippen LogP contribution in [0.25, 0.3) is 0 Å². The Bertz CT molecular complexity index is 776. The minimum absolute atomic E-state index is 0.141. The Morgan fingerprint density at radius 2 is 2.03 bits per heavy atom. The number of ether oxygens (including phenoxy) is 2. The van der Waals surface area contributed by atoms with Crippen molar-refractivity contribution in [2.24, 2.45) is 5.92 Å². The molecule has 8 heteroatoms. The second kappa shape index (κ2) is 9.84. The molecule has 156 valence electrons. The average molecular weight is 400 g/mol. The van der Waals surface area contributed by atoms with Crippen molar-refractivity contribution in [2.75, 3.05) is 38.3 Å². The molecule has 1 N–H and O–H groups in total. The molecule has 2 saturated heterocycles. The quantitative estimate of drug-likeness (QED) is 0.716. The molecule has 1 aromatic carbocycles. The summed E-state index contributed by atoms with van der Waals surface area (Å²) in [5, 5.41) is 7.01. The first-order valence-corrected chi connectivity index (χ1v) is 10.4. The molecule has 8 nitrogen and oxygen atoms in total. The lowest BCUT2D eigenvalue weighted by atomic mass is 10.0. The van der Waals surface area contributed by atoms with Gasteiger partial charge in [-0.1, -0.05) is 23.4 Å². The molecule has 2 amide bonds. The third kappa shape index (κ3) is 5.33. The van der Waals surface area contributed by atoms with Gasteiger partial charge in [-0.05, 0) is 43.7 Å². The molecular formula is C21H28N4O4. The van der Waals surface area contributed by atoms with Gasteiger partial charge in [0.1, 0.15) is 6.04 Å². The van der Waals surface area contributed by atoms with Gasteiger partial charge in [0.15, 0.2) is 5.82 Å². The number of carbonyl (C=O) groups is 1. The Balaban J connectivity index is 1.26. The van der Waals surface area contributed by atoms with Gasteiger partial charge in [-0.3, -0.25) is 0 Å². The summed E-state index contributed by atoms with van der Waals surface area (Å²) in [5.41, 5.74) is 0.774. The Morgan fingerprint density at radius 1 is 1.21 bits per heavy atom. The topological polar surface area (TPSA) is 89.7 Å². The molecule has 0 saturated carbocycles. The van der Waals surface area contributed by atoms with Crippen LogP contribution in [0.3, 0.4) is 0 Å². The lowest BCUT2D eigenvalue weighted by Crippen LogP contribution is -2.34. The molecule has 3 heterocycles. The monoisotopic (exact) mass is 400 g/mol. The van der Waals surface area contributed by atoms with Crippen LogP contribution in [0.5, 0.6) is 0 Å². The summed E-state index contributed by atoms with van der Waals surface area (Å²) in [6.07, 6.45) is 4.47. The molecule has 29 heavy (non-hydrogen) atoms. The fraction of sp³-hybridized carbons (Fsp3) is 0.571. The van der Waals surface area contributed by atoms with Crippen LogP contribution >= 0.6 is 0 Å². The number of para-hydroxylation sites is 1. The summed E-state index contributed by atoms with van der Waals surface area (Å²) in [7, 11) is 0. The summed E-state index contributed by atoms with van der Waals surface area (Å²) < 4.78 is 16.6. The normalized spacial score (nSPS) is 20.1. The van der Waals surface area contributed by atoms with Crippen molar-refractivity contribution in [3.05, 3.63) is 42.0 Å².